The fourth-order valence-electron chi connectivity index (χ4n) is 4.61. The van der Waals surface area contributed by atoms with Crippen LogP contribution in [0.4, 0.5) is 4.79 Å². The van der Waals surface area contributed by atoms with Crippen LogP contribution in [0.3, 0.4) is 0 Å². The van der Waals surface area contributed by atoms with Gasteiger partial charge in [0.15, 0.2) is 5.69 Å². The molecule has 2 aromatic carbocycles. The summed E-state index contributed by atoms with van der Waals surface area (Å²) in [5.74, 6) is -0.845. The summed E-state index contributed by atoms with van der Waals surface area (Å²) in [6.07, 6.45) is 0.158. The third kappa shape index (κ3) is 9.59. The van der Waals surface area contributed by atoms with Gasteiger partial charge in [-0.2, -0.15) is 5.10 Å². The normalized spacial score (nSPS) is 11.7. The summed E-state index contributed by atoms with van der Waals surface area (Å²) < 4.78 is 12.3. The molecule has 3 rings (SSSR count). The van der Waals surface area contributed by atoms with Crippen LogP contribution in [0.5, 0.6) is 0 Å². The van der Waals surface area contributed by atoms with Gasteiger partial charge in [-0.05, 0) is 70.9 Å². The number of carbonyl (C=O) groups is 3. The molecule has 0 bridgehead atoms. The maximum atomic E-state index is 13.8. The molecule has 10 nitrogen and oxygen atoms in total. The number of aromatic nitrogens is 2. The van der Waals surface area contributed by atoms with E-state index in [1.54, 1.807) is 62.7 Å². The minimum absolute atomic E-state index is 0.144. The van der Waals surface area contributed by atoms with Crippen LogP contribution in [0, 0.1) is 6.92 Å². The van der Waals surface area contributed by atoms with Crippen LogP contribution in [0.2, 0.25) is 15.1 Å². The van der Waals surface area contributed by atoms with Crippen LogP contribution < -0.4 is 16.0 Å². The fourth-order valence-corrected chi connectivity index (χ4v) is 5.23. The molecule has 0 radical (unpaired) electrons. The maximum absolute atomic E-state index is 13.8. The van der Waals surface area contributed by atoms with Crippen molar-refractivity contribution in [3.8, 4) is 16.9 Å². The molecule has 3 N–H and O–H groups in total. The molecule has 0 atom stereocenters. The first-order valence-electron chi connectivity index (χ1n) is 14.7. The standard InChI is InChI=1S/C32H40Cl3N5O5/c1-7-32(8-2,29(42)36-15-17-44-18-16-37-30(43)45-31(4,5)6)38-28(41)26-20(3)27(21-9-11-22(33)12-10-21)40(39-26)25-14-13-23(34)19-24(25)35/h9-14,19H,7-8,15-18H2,1-6H3,(H,36,42)(H,37,43)(H,38,41). The number of hydrogen-bond acceptors (Lipinski definition) is 6. The monoisotopic (exact) mass is 679 g/mol. The first-order valence-corrected chi connectivity index (χ1v) is 15.8. The van der Waals surface area contributed by atoms with Crippen LogP contribution in [-0.2, 0) is 14.3 Å². The Bertz CT molecular complexity index is 1500. The fraction of sp³-hybridized carbons (Fsp3) is 0.438. The minimum Gasteiger partial charge on any atom is -0.444 e. The summed E-state index contributed by atoms with van der Waals surface area (Å²) in [6, 6.07) is 12.2. The number of ether oxygens (including phenoxy) is 2. The molecular weight excluding hydrogens is 641 g/mol. The average Bonchev–Trinajstić information content (AvgIpc) is 3.31. The molecule has 0 aliphatic rings. The number of nitrogens with zero attached hydrogens (tertiary/aromatic N) is 2. The molecule has 0 saturated heterocycles. The van der Waals surface area contributed by atoms with Gasteiger partial charge in [0.05, 0.1) is 29.6 Å². The third-order valence-electron chi connectivity index (χ3n) is 7.03. The average molecular weight is 681 g/mol. The van der Waals surface area contributed by atoms with Crippen molar-refractivity contribution in [3.05, 3.63) is 68.8 Å². The summed E-state index contributed by atoms with van der Waals surface area (Å²) in [6.45, 7) is 11.7. The topological polar surface area (TPSA) is 124 Å². The second kappa shape index (κ2) is 15.8. The molecule has 1 aromatic heterocycles. The number of alkyl carbamates (subject to hydrolysis) is 1. The molecule has 0 unspecified atom stereocenters. The van der Waals surface area contributed by atoms with Gasteiger partial charge in [-0.25, -0.2) is 9.48 Å². The van der Waals surface area contributed by atoms with Crippen molar-refractivity contribution in [1.29, 1.82) is 0 Å². The van der Waals surface area contributed by atoms with E-state index >= 15 is 0 Å². The minimum atomic E-state index is -1.19. The Morgan fingerprint density at radius 3 is 2.07 bits per heavy atom. The lowest BCUT2D eigenvalue weighted by Crippen LogP contribution is -2.58. The molecule has 0 spiro atoms. The lowest BCUT2D eigenvalue weighted by Gasteiger charge is -2.31. The van der Waals surface area contributed by atoms with E-state index in [-0.39, 0.29) is 37.9 Å². The first kappa shape index (κ1) is 36.2. The van der Waals surface area contributed by atoms with Gasteiger partial charge >= 0.3 is 6.09 Å². The largest absolute Gasteiger partial charge is 0.444 e. The van der Waals surface area contributed by atoms with Crippen LogP contribution >= 0.6 is 34.8 Å². The van der Waals surface area contributed by atoms with E-state index in [0.717, 1.165) is 5.56 Å². The maximum Gasteiger partial charge on any atom is 0.407 e. The number of rotatable bonds is 13. The first-order chi connectivity index (χ1) is 21.2. The highest BCUT2D eigenvalue weighted by Gasteiger charge is 2.38. The van der Waals surface area contributed by atoms with Crippen LogP contribution in [-0.4, -0.2) is 65.1 Å². The number of amides is 3. The van der Waals surface area contributed by atoms with Gasteiger partial charge in [0.25, 0.3) is 5.91 Å². The van der Waals surface area contributed by atoms with Crippen LogP contribution in [0.25, 0.3) is 16.9 Å². The molecule has 45 heavy (non-hydrogen) atoms. The highest BCUT2D eigenvalue weighted by Crippen LogP contribution is 2.33. The second-order valence-corrected chi connectivity index (χ2v) is 12.7. The van der Waals surface area contributed by atoms with Gasteiger partial charge in [-0.3, -0.25) is 9.59 Å². The Balaban J connectivity index is 1.74. The predicted molar refractivity (Wildman–Crippen MR) is 178 cm³/mol. The van der Waals surface area contributed by atoms with E-state index in [4.69, 9.17) is 44.3 Å². The number of nitrogens with one attached hydrogen (secondary N) is 3. The van der Waals surface area contributed by atoms with Crippen LogP contribution in [0.15, 0.2) is 42.5 Å². The van der Waals surface area contributed by atoms with Crippen molar-refractivity contribution in [2.45, 2.75) is 65.5 Å². The van der Waals surface area contributed by atoms with Gasteiger partial charge in [0, 0.05) is 34.3 Å². The molecular formula is C32H40Cl3N5O5. The van der Waals surface area contributed by atoms with E-state index in [9.17, 15) is 14.4 Å². The Labute approximate surface area is 279 Å². The lowest BCUT2D eigenvalue weighted by atomic mass is 9.91. The molecule has 1 heterocycles. The van der Waals surface area contributed by atoms with Gasteiger partial charge in [0.1, 0.15) is 11.1 Å². The summed E-state index contributed by atoms with van der Waals surface area (Å²) in [5, 5.41) is 14.5. The molecule has 0 aliphatic heterocycles. The summed E-state index contributed by atoms with van der Waals surface area (Å²) >= 11 is 18.8. The van der Waals surface area contributed by atoms with E-state index in [1.165, 1.54) is 0 Å². The zero-order valence-corrected chi connectivity index (χ0v) is 28.6. The zero-order valence-electron chi connectivity index (χ0n) is 26.4. The van der Waals surface area contributed by atoms with E-state index in [0.29, 0.717) is 44.9 Å². The quantitative estimate of drug-likeness (QED) is 0.172. The molecule has 0 aliphatic carbocycles. The highest BCUT2D eigenvalue weighted by molar-refractivity contribution is 6.35. The van der Waals surface area contributed by atoms with Crippen LogP contribution in [0.1, 0.15) is 63.5 Å². The zero-order chi connectivity index (χ0) is 33.4. The molecule has 0 saturated carbocycles. The van der Waals surface area contributed by atoms with Crippen molar-refractivity contribution >= 4 is 52.7 Å². The Morgan fingerprint density at radius 1 is 0.889 bits per heavy atom. The van der Waals surface area contributed by atoms with Crippen molar-refractivity contribution in [2.24, 2.45) is 0 Å². The Kier molecular flexibility index (Phi) is 12.7. The van der Waals surface area contributed by atoms with Crippen molar-refractivity contribution in [1.82, 2.24) is 25.7 Å². The SMILES string of the molecule is CCC(CC)(NC(=O)c1nn(-c2ccc(Cl)cc2Cl)c(-c2ccc(Cl)cc2)c1C)C(=O)NCCOCCNC(=O)OC(C)(C)C. The Morgan fingerprint density at radius 2 is 1.49 bits per heavy atom. The lowest BCUT2D eigenvalue weighted by molar-refractivity contribution is -0.128. The summed E-state index contributed by atoms with van der Waals surface area (Å²) in [4.78, 5) is 38.9. The molecule has 3 amide bonds. The smallest absolute Gasteiger partial charge is 0.407 e. The highest BCUT2D eigenvalue weighted by atomic mass is 35.5. The van der Waals surface area contributed by atoms with Gasteiger partial charge in [0.2, 0.25) is 5.91 Å². The Hall–Kier alpha value is -3.31. The number of carbonyl (C=O) groups excluding carboxylic acids is 3. The third-order valence-corrected chi connectivity index (χ3v) is 7.82. The molecule has 244 valence electrons. The molecule has 13 heteroatoms. The van der Waals surface area contributed by atoms with Crippen molar-refractivity contribution in [2.75, 3.05) is 26.3 Å². The summed E-state index contributed by atoms with van der Waals surface area (Å²) in [7, 11) is 0. The van der Waals surface area contributed by atoms with E-state index in [2.05, 4.69) is 21.0 Å². The second-order valence-electron chi connectivity index (χ2n) is 11.4. The van der Waals surface area contributed by atoms with Gasteiger partial charge in [-0.15, -0.1) is 0 Å². The van der Waals surface area contributed by atoms with E-state index < -0.39 is 23.1 Å². The van der Waals surface area contributed by atoms with E-state index in [1.807, 2.05) is 26.0 Å². The van der Waals surface area contributed by atoms with Gasteiger partial charge < -0.3 is 25.4 Å². The number of benzene rings is 2. The summed E-state index contributed by atoms with van der Waals surface area (Å²) in [5.41, 5.74) is 0.904. The van der Waals surface area contributed by atoms with Crippen molar-refractivity contribution < 1.29 is 23.9 Å². The van der Waals surface area contributed by atoms with Gasteiger partial charge in [-0.1, -0.05) is 60.8 Å². The van der Waals surface area contributed by atoms with Crippen molar-refractivity contribution in [3.63, 3.8) is 0 Å². The molecule has 0 fully saturated rings. The number of hydrogen-bond donors (Lipinski definition) is 3. The number of halogens is 3. The molecule has 3 aromatic rings. The predicted octanol–water partition coefficient (Wildman–Crippen LogP) is 6.75.